The molecule has 0 heterocycles. The van der Waals surface area contributed by atoms with Crippen molar-refractivity contribution >= 4 is 11.9 Å². The molecule has 0 aliphatic heterocycles. The second-order valence-electron chi connectivity index (χ2n) is 4.60. The molecule has 0 saturated heterocycles. The van der Waals surface area contributed by atoms with Crippen molar-refractivity contribution in [3.8, 4) is 0 Å². The molecular weight excluding hydrogens is 232 g/mol. The lowest BCUT2D eigenvalue weighted by Gasteiger charge is -2.32. The molecule has 4 nitrogen and oxygen atoms in total. The van der Waals surface area contributed by atoms with Crippen LogP contribution in [-0.2, 0) is 14.3 Å². The number of hydrogen-bond acceptors (Lipinski definition) is 3. The summed E-state index contributed by atoms with van der Waals surface area (Å²) in [6, 6.07) is 0. The van der Waals surface area contributed by atoms with Crippen LogP contribution in [0.3, 0.4) is 0 Å². The van der Waals surface area contributed by atoms with Gasteiger partial charge in [-0.3, -0.25) is 4.79 Å². The molecule has 0 aromatic carbocycles. The molecule has 0 amide bonds. The molecule has 0 fully saturated rings. The fourth-order valence-electron chi connectivity index (χ4n) is 1.93. The van der Waals surface area contributed by atoms with E-state index in [1.54, 1.807) is 19.1 Å². The molecule has 0 aromatic heterocycles. The Kier molecular flexibility index (Phi) is 4.48. The van der Waals surface area contributed by atoms with E-state index in [4.69, 9.17) is 4.74 Å². The molecule has 4 heteroatoms. The zero-order valence-corrected chi connectivity index (χ0v) is 10.7. The first-order valence-electron chi connectivity index (χ1n) is 5.80. The molecule has 1 N–H and O–H groups in total. The SMILES string of the molecule is C=CC(=O)OCCC1C=C(C)C=CC1(C)C(=O)O. The average molecular weight is 250 g/mol. The number of carbonyl (C=O) groups excluding carboxylic acids is 1. The third-order valence-electron chi connectivity index (χ3n) is 3.23. The Bertz CT molecular complexity index is 420. The van der Waals surface area contributed by atoms with E-state index in [1.165, 1.54) is 0 Å². The quantitative estimate of drug-likeness (QED) is 0.601. The monoisotopic (exact) mass is 250 g/mol. The van der Waals surface area contributed by atoms with Crippen molar-refractivity contribution in [2.45, 2.75) is 20.3 Å². The van der Waals surface area contributed by atoms with Crippen molar-refractivity contribution in [1.82, 2.24) is 0 Å². The summed E-state index contributed by atoms with van der Waals surface area (Å²) in [5.74, 6) is -1.54. The van der Waals surface area contributed by atoms with E-state index in [1.807, 2.05) is 13.0 Å². The number of ether oxygens (including phenoxy) is 1. The van der Waals surface area contributed by atoms with Gasteiger partial charge in [0.1, 0.15) is 0 Å². The second-order valence-corrected chi connectivity index (χ2v) is 4.60. The average Bonchev–Trinajstić information content (AvgIpc) is 2.33. The van der Waals surface area contributed by atoms with E-state index in [0.29, 0.717) is 6.42 Å². The van der Waals surface area contributed by atoms with E-state index in [0.717, 1.165) is 11.6 Å². The first kappa shape index (κ1) is 14.2. The van der Waals surface area contributed by atoms with Crippen LogP contribution >= 0.6 is 0 Å². The highest BCUT2D eigenvalue weighted by atomic mass is 16.5. The number of carboxylic acids is 1. The molecule has 2 unspecified atom stereocenters. The Morgan fingerprint density at radius 3 is 2.83 bits per heavy atom. The molecule has 0 aromatic rings. The number of rotatable bonds is 5. The summed E-state index contributed by atoms with van der Waals surface area (Å²) in [6.45, 7) is 7.09. The van der Waals surface area contributed by atoms with Crippen molar-refractivity contribution in [3.63, 3.8) is 0 Å². The van der Waals surface area contributed by atoms with Crippen molar-refractivity contribution in [1.29, 1.82) is 0 Å². The van der Waals surface area contributed by atoms with Gasteiger partial charge in [0.15, 0.2) is 0 Å². The van der Waals surface area contributed by atoms with Gasteiger partial charge in [0, 0.05) is 6.08 Å². The van der Waals surface area contributed by atoms with Crippen LogP contribution in [0.25, 0.3) is 0 Å². The second kappa shape index (κ2) is 5.67. The highest BCUT2D eigenvalue weighted by molar-refractivity contribution is 5.81. The van der Waals surface area contributed by atoms with Crippen molar-refractivity contribution in [2.75, 3.05) is 6.61 Å². The van der Waals surface area contributed by atoms with Gasteiger partial charge in [0.2, 0.25) is 0 Å². The number of hydrogen-bond donors (Lipinski definition) is 1. The molecule has 0 bridgehead atoms. The summed E-state index contributed by atoms with van der Waals surface area (Å²) in [4.78, 5) is 22.3. The maximum atomic E-state index is 11.3. The van der Waals surface area contributed by atoms with Gasteiger partial charge in [-0.15, -0.1) is 0 Å². The van der Waals surface area contributed by atoms with Gasteiger partial charge in [0.25, 0.3) is 0 Å². The Balaban J connectivity index is 2.71. The van der Waals surface area contributed by atoms with E-state index >= 15 is 0 Å². The number of carboxylic acid groups (broad SMARTS) is 1. The van der Waals surface area contributed by atoms with Gasteiger partial charge >= 0.3 is 11.9 Å². The summed E-state index contributed by atoms with van der Waals surface area (Å²) in [5, 5.41) is 9.30. The molecule has 0 saturated carbocycles. The lowest BCUT2D eigenvalue weighted by atomic mass is 9.72. The fraction of sp³-hybridized carbons (Fsp3) is 0.429. The van der Waals surface area contributed by atoms with Gasteiger partial charge in [-0.2, -0.15) is 0 Å². The number of carbonyl (C=O) groups is 2. The highest BCUT2D eigenvalue weighted by Gasteiger charge is 2.39. The van der Waals surface area contributed by atoms with E-state index in [9.17, 15) is 14.7 Å². The van der Waals surface area contributed by atoms with Crippen LogP contribution in [-0.4, -0.2) is 23.7 Å². The third kappa shape index (κ3) is 3.09. The predicted molar refractivity (Wildman–Crippen MR) is 67.9 cm³/mol. The first-order chi connectivity index (χ1) is 8.40. The van der Waals surface area contributed by atoms with Gasteiger partial charge in [0.05, 0.1) is 12.0 Å². The molecule has 1 aliphatic rings. The third-order valence-corrected chi connectivity index (χ3v) is 3.23. The van der Waals surface area contributed by atoms with Crippen LogP contribution in [0.2, 0.25) is 0 Å². The van der Waals surface area contributed by atoms with E-state index in [2.05, 4.69) is 6.58 Å². The van der Waals surface area contributed by atoms with Crippen LogP contribution < -0.4 is 0 Å². The van der Waals surface area contributed by atoms with Crippen molar-refractivity contribution < 1.29 is 19.4 Å². The number of esters is 1. The van der Waals surface area contributed by atoms with E-state index in [-0.39, 0.29) is 12.5 Å². The van der Waals surface area contributed by atoms with Crippen LogP contribution in [0.15, 0.2) is 36.5 Å². The molecule has 0 radical (unpaired) electrons. The summed E-state index contributed by atoms with van der Waals surface area (Å²) in [6.07, 6.45) is 6.99. The Morgan fingerprint density at radius 1 is 1.61 bits per heavy atom. The fourth-order valence-corrected chi connectivity index (χ4v) is 1.93. The minimum Gasteiger partial charge on any atom is -0.481 e. The van der Waals surface area contributed by atoms with Gasteiger partial charge < -0.3 is 9.84 Å². The van der Waals surface area contributed by atoms with Crippen molar-refractivity contribution in [2.24, 2.45) is 11.3 Å². The molecule has 1 rings (SSSR count). The Hall–Kier alpha value is -1.84. The topological polar surface area (TPSA) is 63.6 Å². The lowest BCUT2D eigenvalue weighted by molar-refractivity contribution is -0.147. The predicted octanol–water partition coefficient (Wildman–Crippen LogP) is 2.33. The smallest absolute Gasteiger partial charge is 0.330 e. The van der Waals surface area contributed by atoms with Crippen LogP contribution in [0.1, 0.15) is 20.3 Å². The first-order valence-corrected chi connectivity index (χ1v) is 5.80. The largest absolute Gasteiger partial charge is 0.481 e. The maximum absolute atomic E-state index is 11.3. The summed E-state index contributed by atoms with van der Waals surface area (Å²) >= 11 is 0. The highest BCUT2D eigenvalue weighted by Crippen LogP contribution is 2.37. The van der Waals surface area contributed by atoms with Crippen molar-refractivity contribution in [3.05, 3.63) is 36.5 Å². The van der Waals surface area contributed by atoms with Crippen LogP contribution in [0, 0.1) is 11.3 Å². The summed E-state index contributed by atoms with van der Waals surface area (Å²) in [5.41, 5.74) is 0.0777. The Morgan fingerprint density at radius 2 is 2.28 bits per heavy atom. The van der Waals surface area contributed by atoms with Gasteiger partial charge in [-0.05, 0) is 26.2 Å². The zero-order valence-electron chi connectivity index (χ0n) is 10.7. The number of allylic oxidation sites excluding steroid dienone is 3. The molecule has 98 valence electrons. The van der Waals surface area contributed by atoms with Gasteiger partial charge in [-0.25, -0.2) is 4.79 Å². The molecule has 18 heavy (non-hydrogen) atoms. The Labute approximate surface area is 107 Å². The lowest BCUT2D eigenvalue weighted by Crippen LogP contribution is -2.35. The molecule has 1 aliphatic carbocycles. The van der Waals surface area contributed by atoms with Crippen LogP contribution in [0.4, 0.5) is 0 Å². The standard InChI is InChI=1S/C14H18O4/c1-4-12(15)18-8-6-11-9-10(2)5-7-14(11,3)13(16)17/h4-5,7,9,11H,1,6,8H2,2-3H3,(H,16,17). The normalized spacial score (nSPS) is 26.3. The zero-order chi connectivity index (χ0) is 13.8. The molecular formula is C14H18O4. The molecule has 2 atom stereocenters. The summed E-state index contributed by atoms with van der Waals surface area (Å²) < 4.78 is 4.90. The maximum Gasteiger partial charge on any atom is 0.330 e. The van der Waals surface area contributed by atoms with Gasteiger partial charge in [-0.1, -0.05) is 30.4 Å². The van der Waals surface area contributed by atoms with Crippen LogP contribution in [0.5, 0.6) is 0 Å². The minimum atomic E-state index is -0.944. The minimum absolute atomic E-state index is 0.183. The number of aliphatic carboxylic acids is 1. The molecule has 0 spiro atoms. The summed E-state index contributed by atoms with van der Waals surface area (Å²) in [7, 11) is 0. The van der Waals surface area contributed by atoms with E-state index < -0.39 is 17.4 Å².